The Morgan fingerprint density at radius 3 is 3.00 bits per heavy atom. The summed E-state index contributed by atoms with van der Waals surface area (Å²) in [5.41, 5.74) is 4.21. The summed E-state index contributed by atoms with van der Waals surface area (Å²) in [5, 5.41) is 11.7. The van der Waals surface area contributed by atoms with Gasteiger partial charge in [-0.25, -0.2) is 0 Å². The van der Waals surface area contributed by atoms with Gasteiger partial charge in [0.15, 0.2) is 0 Å². The van der Waals surface area contributed by atoms with Gasteiger partial charge >= 0.3 is 0 Å². The minimum atomic E-state index is 0.391. The molecule has 0 spiro atoms. The molecule has 0 saturated carbocycles. The van der Waals surface area contributed by atoms with Crippen LogP contribution in [0, 0.1) is 0 Å². The summed E-state index contributed by atoms with van der Waals surface area (Å²) in [6.45, 7) is 2.12. The van der Waals surface area contributed by atoms with Crippen molar-refractivity contribution in [1.29, 1.82) is 0 Å². The fourth-order valence-electron chi connectivity index (χ4n) is 2.84. The van der Waals surface area contributed by atoms with Crippen LogP contribution in [-0.4, -0.2) is 16.6 Å². The molecule has 1 aromatic heterocycles. The van der Waals surface area contributed by atoms with Gasteiger partial charge in [-0.05, 0) is 46.7 Å². The number of aromatic hydroxyl groups is 1. The quantitative estimate of drug-likeness (QED) is 0.832. The molecule has 0 amide bonds. The number of nitrogens with zero attached hydrogens (tertiary/aromatic N) is 1. The summed E-state index contributed by atoms with van der Waals surface area (Å²) < 4.78 is 0. The molecule has 1 atom stereocenters. The number of phenols is 1. The third kappa shape index (κ3) is 1.43. The number of fused-ring (bicyclic) bond motifs is 2. The van der Waals surface area contributed by atoms with Crippen LogP contribution in [0.5, 0.6) is 5.75 Å². The molecular formula is C14H13NOS. The first-order chi connectivity index (χ1) is 8.33. The normalized spacial score (nSPS) is 22.0. The third-order valence-electron chi connectivity index (χ3n) is 3.78. The van der Waals surface area contributed by atoms with Crippen LogP contribution in [0.15, 0.2) is 29.6 Å². The van der Waals surface area contributed by atoms with Gasteiger partial charge in [-0.15, -0.1) is 11.3 Å². The standard InChI is InChI=1S/C14H13NOS/c16-11-2-1-10-8-15(5-3-9(10)7-11)13-12-4-6-17-14(12)13/h1-2,4,6-7,13,16H,3,5,8H2. The number of benzene rings is 1. The molecule has 3 heteroatoms. The molecule has 0 bridgehead atoms. The van der Waals surface area contributed by atoms with E-state index in [0.717, 1.165) is 19.5 Å². The van der Waals surface area contributed by atoms with Crippen LogP contribution in [0.25, 0.3) is 0 Å². The van der Waals surface area contributed by atoms with Gasteiger partial charge in [0.2, 0.25) is 0 Å². The van der Waals surface area contributed by atoms with Gasteiger partial charge in [0.25, 0.3) is 0 Å². The Morgan fingerprint density at radius 1 is 1.24 bits per heavy atom. The Morgan fingerprint density at radius 2 is 2.18 bits per heavy atom. The van der Waals surface area contributed by atoms with Crippen LogP contribution >= 0.6 is 11.3 Å². The monoisotopic (exact) mass is 243 g/mol. The van der Waals surface area contributed by atoms with Crippen LogP contribution in [0.3, 0.4) is 0 Å². The highest BCUT2D eigenvalue weighted by atomic mass is 32.1. The van der Waals surface area contributed by atoms with Gasteiger partial charge in [-0.3, -0.25) is 4.90 Å². The van der Waals surface area contributed by atoms with E-state index < -0.39 is 0 Å². The summed E-state index contributed by atoms with van der Waals surface area (Å²) in [6, 6.07) is 8.62. The first-order valence-electron chi connectivity index (χ1n) is 5.95. The van der Waals surface area contributed by atoms with Gasteiger partial charge in [-0.1, -0.05) is 6.07 Å². The summed E-state index contributed by atoms with van der Waals surface area (Å²) in [7, 11) is 0. The second kappa shape index (κ2) is 3.34. The largest absolute Gasteiger partial charge is 0.508 e. The van der Waals surface area contributed by atoms with Crippen molar-refractivity contribution in [1.82, 2.24) is 4.90 Å². The molecule has 1 aromatic carbocycles. The molecule has 2 aliphatic rings. The highest BCUT2D eigenvalue weighted by molar-refractivity contribution is 7.11. The predicted octanol–water partition coefficient (Wildman–Crippen LogP) is 2.91. The summed E-state index contributed by atoms with van der Waals surface area (Å²) >= 11 is 1.87. The average Bonchev–Trinajstić information content (AvgIpc) is 2.82. The van der Waals surface area contributed by atoms with Crippen molar-refractivity contribution >= 4 is 11.3 Å². The minimum absolute atomic E-state index is 0.391. The molecule has 0 radical (unpaired) electrons. The summed E-state index contributed by atoms with van der Waals surface area (Å²) in [5.74, 6) is 0.391. The van der Waals surface area contributed by atoms with E-state index in [0.29, 0.717) is 11.8 Å². The number of phenolic OH excluding ortho intramolecular Hbond substituents is 1. The fraction of sp³-hybridized carbons (Fsp3) is 0.286. The van der Waals surface area contributed by atoms with Gasteiger partial charge in [0.1, 0.15) is 5.75 Å². The average molecular weight is 243 g/mol. The van der Waals surface area contributed by atoms with Gasteiger partial charge in [-0.2, -0.15) is 0 Å². The molecule has 1 N–H and O–H groups in total. The zero-order valence-corrected chi connectivity index (χ0v) is 10.2. The van der Waals surface area contributed by atoms with Crippen LogP contribution in [0.4, 0.5) is 0 Å². The van der Waals surface area contributed by atoms with Crippen LogP contribution in [-0.2, 0) is 13.0 Å². The molecule has 2 aromatic rings. The Kier molecular flexibility index (Phi) is 1.90. The zero-order chi connectivity index (χ0) is 11.4. The molecule has 4 rings (SSSR count). The molecule has 86 valence electrons. The second-order valence-electron chi connectivity index (χ2n) is 4.82. The van der Waals surface area contributed by atoms with Crippen molar-refractivity contribution in [2.24, 2.45) is 0 Å². The highest BCUT2D eigenvalue weighted by Gasteiger charge is 2.40. The van der Waals surface area contributed by atoms with E-state index in [4.69, 9.17) is 0 Å². The van der Waals surface area contributed by atoms with Crippen molar-refractivity contribution in [3.63, 3.8) is 0 Å². The lowest BCUT2D eigenvalue weighted by atomic mass is 9.99. The number of rotatable bonds is 1. The summed E-state index contributed by atoms with van der Waals surface area (Å²) in [6.07, 6.45) is 1.05. The number of hydrogen-bond donors (Lipinski definition) is 1. The lowest BCUT2D eigenvalue weighted by molar-refractivity contribution is 0.236. The lowest BCUT2D eigenvalue weighted by Crippen LogP contribution is -2.29. The molecule has 1 unspecified atom stereocenters. The van der Waals surface area contributed by atoms with Crippen molar-refractivity contribution in [2.75, 3.05) is 6.54 Å². The van der Waals surface area contributed by atoms with Crippen LogP contribution in [0.2, 0.25) is 0 Å². The van der Waals surface area contributed by atoms with Crippen LogP contribution in [0.1, 0.15) is 27.6 Å². The molecule has 2 heterocycles. The first-order valence-corrected chi connectivity index (χ1v) is 6.83. The Labute approximate surface area is 104 Å². The number of hydrogen-bond acceptors (Lipinski definition) is 3. The molecule has 1 aliphatic carbocycles. The Balaban J connectivity index is 1.60. The van der Waals surface area contributed by atoms with Crippen molar-refractivity contribution in [3.05, 3.63) is 51.2 Å². The Hall–Kier alpha value is -1.32. The van der Waals surface area contributed by atoms with E-state index in [2.05, 4.69) is 22.4 Å². The van der Waals surface area contributed by atoms with E-state index in [9.17, 15) is 5.11 Å². The molecule has 0 saturated heterocycles. The van der Waals surface area contributed by atoms with Crippen molar-refractivity contribution in [3.8, 4) is 5.75 Å². The smallest absolute Gasteiger partial charge is 0.115 e. The Bertz CT molecular complexity index is 571. The highest BCUT2D eigenvalue weighted by Crippen LogP contribution is 2.50. The van der Waals surface area contributed by atoms with E-state index in [1.165, 1.54) is 16.7 Å². The number of thiophene rings is 1. The topological polar surface area (TPSA) is 23.5 Å². The first kappa shape index (κ1) is 9.68. The van der Waals surface area contributed by atoms with Gasteiger partial charge in [0.05, 0.1) is 6.04 Å². The maximum atomic E-state index is 9.47. The van der Waals surface area contributed by atoms with Gasteiger partial charge < -0.3 is 5.11 Å². The van der Waals surface area contributed by atoms with E-state index >= 15 is 0 Å². The van der Waals surface area contributed by atoms with E-state index in [1.54, 1.807) is 10.9 Å². The minimum Gasteiger partial charge on any atom is -0.508 e. The zero-order valence-electron chi connectivity index (χ0n) is 9.39. The van der Waals surface area contributed by atoms with E-state index in [1.807, 2.05) is 17.4 Å². The van der Waals surface area contributed by atoms with E-state index in [-0.39, 0.29) is 0 Å². The predicted molar refractivity (Wildman–Crippen MR) is 68.4 cm³/mol. The van der Waals surface area contributed by atoms with Crippen LogP contribution < -0.4 is 0 Å². The van der Waals surface area contributed by atoms with Crippen molar-refractivity contribution in [2.45, 2.75) is 19.0 Å². The maximum absolute atomic E-state index is 9.47. The second-order valence-corrected chi connectivity index (χ2v) is 5.76. The summed E-state index contributed by atoms with van der Waals surface area (Å²) in [4.78, 5) is 4.09. The molecule has 1 aliphatic heterocycles. The molecule has 17 heavy (non-hydrogen) atoms. The lowest BCUT2D eigenvalue weighted by Gasteiger charge is -2.29. The third-order valence-corrected chi connectivity index (χ3v) is 4.77. The van der Waals surface area contributed by atoms with Crippen molar-refractivity contribution < 1.29 is 5.11 Å². The fourth-order valence-corrected chi connectivity index (χ4v) is 3.86. The molecule has 0 fully saturated rings. The van der Waals surface area contributed by atoms with Gasteiger partial charge in [0, 0.05) is 18.0 Å². The SMILES string of the molecule is Oc1ccc2c(c1)CCN(C1c3ccsc31)C2. The molecule has 2 nitrogen and oxygen atoms in total. The molecular weight excluding hydrogens is 230 g/mol. The maximum Gasteiger partial charge on any atom is 0.115 e.